The highest BCUT2D eigenvalue weighted by Gasteiger charge is 2.29. The summed E-state index contributed by atoms with van der Waals surface area (Å²) >= 11 is 0. The number of nitrogen functional groups attached to an aromatic ring is 1. The van der Waals surface area contributed by atoms with E-state index in [0.717, 1.165) is 43.1 Å². The quantitative estimate of drug-likeness (QED) is 0.803. The number of aryl methyl sites for hydroxylation is 1. The van der Waals surface area contributed by atoms with Crippen LogP contribution in [-0.2, 0) is 6.42 Å². The number of nitrogens with two attached hydrogens (primary N) is 2. The fourth-order valence-corrected chi connectivity index (χ4v) is 3.12. The van der Waals surface area contributed by atoms with Gasteiger partial charge in [-0.15, -0.1) is 0 Å². The van der Waals surface area contributed by atoms with Gasteiger partial charge in [-0.2, -0.15) is 4.98 Å². The molecule has 0 amide bonds. The van der Waals surface area contributed by atoms with E-state index in [1.54, 1.807) is 0 Å². The summed E-state index contributed by atoms with van der Waals surface area (Å²) in [4.78, 5) is 10.8. The van der Waals surface area contributed by atoms with Crippen molar-refractivity contribution in [1.82, 2.24) is 9.97 Å². The van der Waals surface area contributed by atoms with Crippen LogP contribution in [0, 0.1) is 0 Å². The van der Waals surface area contributed by atoms with Gasteiger partial charge in [0.2, 0.25) is 5.95 Å². The molecule has 0 atom stereocenters. The van der Waals surface area contributed by atoms with Crippen molar-refractivity contribution in [2.75, 3.05) is 30.8 Å². The molecule has 1 saturated carbocycles. The Bertz CT molecular complexity index is 715. The van der Waals surface area contributed by atoms with E-state index >= 15 is 0 Å². The molecule has 1 fully saturated rings. The van der Waals surface area contributed by atoms with E-state index in [-0.39, 0.29) is 6.04 Å². The number of likely N-dealkylation sites (N-methyl/N-ethyl adjacent to an activating group) is 1. The minimum absolute atomic E-state index is 0.286. The van der Waals surface area contributed by atoms with E-state index in [9.17, 15) is 0 Å². The number of anilines is 2. The number of nitrogens with zero attached hydrogens (tertiary/aromatic N) is 3. The molecule has 6 nitrogen and oxygen atoms in total. The van der Waals surface area contributed by atoms with Crippen LogP contribution in [0.3, 0.4) is 0 Å². The van der Waals surface area contributed by atoms with Gasteiger partial charge in [-0.05, 0) is 30.9 Å². The molecule has 134 valence electrons. The van der Waals surface area contributed by atoms with Crippen LogP contribution in [-0.4, -0.2) is 36.2 Å². The molecule has 1 heterocycles. The van der Waals surface area contributed by atoms with Crippen LogP contribution in [0.1, 0.15) is 36.9 Å². The van der Waals surface area contributed by atoms with Crippen molar-refractivity contribution in [2.45, 2.75) is 38.1 Å². The van der Waals surface area contributed by atoms with Gasteiger partial charge < -0.3 is 21.1 Å². The highest BCUT2D eigenvalue weighted by molar-refractivity contribution is 5.44. The van der Waals surface area contributed by atoms with Gasteiger partial charge in [-0.1, -0.05) is 25.1 Å². The predicted octanol–water partition coefficient (Wildman–Crippen LogP) is 2.34. The zero-order valence-corrected chi connectivity index (χ0v) is 15.0. The monoisotopic (exact) mass is 341 g/mol. The van der Waals surface area contributed by atoms with Gasteiger partial charge in [-0.3, -0.25) is 0 Å². The van der Waals surface area contributed by atoms with Crippen LogP contribution in [0.4, 0.5) is 11.8 Å². The second-order valence-corrected chi connectivity index (χ2v) is 6.67. The van der Waals surface area contributed by atoms with E-state index in [2.05, 4.69) is 27.9 Å². The lowest BCUT2D eigenvalue weighted by molar-refractivity contribution is 0.322. The SMILES string of the molecule is CCc1ccccc1OCCN(C)c1cc(C2CC(N)C2)nc(N)n1. The second-order valence-electron chi connectivity index (χ2n) is 6.67. The van der Waals surface area contributed by atoms with Crippen molar-refractivity contribution in [2.24, 2.45) is 5.73 Å². The summed E-state index contributed by atoms with van der Waals surface area (Å²) in [5.41, 5.74) is 14.0. The highest BCUT2D eigenvalue weighted by atomic mass is 16.5. The topological polar surface area (TPSA) is 90.3 Å². The van der Waals surface area contributed by atoms with Crippen LogP contribution < -0.4 is 21.1 Å². The Kier molecular flexibility index (Phi) is 5.38. The number of hydrogen-bond donors (Lipinski definition) is 2. The minimum Gasteiger partial charge on any atom is -0.491 e. The summed E-state index contributed by atoms with van der Waals surface area (Å²) in [5.74, 6) is 2.50. The third-order valence-electron chi connectivity index (χ3n) is 4.77. The average molecular weight is 341 g/mol. The summed E-state index contributed by atoms with van der Waals surface area (Å²) in [6.07, 6.45) is 2.90. The van der Waals surface area contributed by atoms with E-state index < -0.39 is 0 Å². The molecule has 1 aromatic heterocycles. The van der Waals surface area contributed by atoms with Crippen LogP contribution >= 0.6 is 0 Å². The van der Waals surface area contributed by atoms with Crippen molar-refractivity contribution in [3.05, 3.63) is 41.6 Å². The van der Waals surface area contributed by atoms with E-state index in [4.69, 9.17) is 16.2 Å². The van der Waals surface area contributed by atoms with Crippen molar-refractivity contribution < 1.29 is 4.74 Å². The summed E-state index contributed by atoms with van der Waals surface area (Å²) in [6.45, 7) is 3.44. The van der Waals surface area contributed by atoms with Gasteiger partial charge in [0, 0.05) is 25.1 Å². The third-order valence-corrected chi connectivity index (χ3v) is 4.77. The summed E-state index contributed by atoms with van der Waals surface area (Å²) in [7, 11) is 1.99. The standard InChI is InChI=1S/C19H27N5O/c1-3-13-6-4-5-7-17(13)25-9-8-24(2)18-12-16(22-19(21)23-18)14-10-15(20)11-14/h4-7,12,14-15H,3,8-11,20H2,1-2H3,(H2,21,22,23). The molecule has 0 unspecified atom stereocenters. The van der Waals surface area contributed by atoms with Crippen molar-refractivity contribution in [3.63, 3.8) is 0 Å². The molecule has 4 N–H and O–H groups in total. The molecular formula is C19H27N5O. The zero-order chi connectivity index (χ0) is 17.8. The molecule has 3 rings (SSSR count). The lowest BCUT2D eigenvalue weighted by Crippen LogP contribution is -2.35. The average Bonchev–Trinajstić information content (AvgIpc) is 2.58. The lowest BCUT2D eigenvalue weighted by atomic mass is 9.78. The molecule has 1 aliphatic carbocycles. The Balaban J connectivity index is 1.60. The maximum absolute atomic E-state index is 5.94. The van der Waals surface area contributed by atoms with Crippen LogP contribution in [0.2, 0.25) is 0 Å². The number of rotatable bonds is 7. The van der Waals surface area contributed by atoms with Crippen LogP contribution in [0.15, 0.2) is 30.3 Å². The van der Waals surface area contributed by atoms with E-state index in [0.29, 0.717) is 18.5 Å². The number of aromatic nitrogens is 2. The fourth-order valence-electron chi connectivity index (χ4n) is 3.12. The number of benzene rings is 1. The maximum atomic E-state index is 5.94. The van der Waals surface area contributed by atoms with Gasteiger partial charge in [0.1, 0.15) is 18.2 Å². The van der Waals surface area contributed by atoms with Gasteiger partial charge in [0.05, 0.1) is 12.2 Å². The number of hydrogen-bond acceptors (Lipinski definition) is 6. The fraction of sp³-hybridized carbons (Fsp3) is 0.474. The molecule has 0 radical (unpaired) electrons. The van der Waals surface area contributed by atoms with Crippen LogP contribution in [0.5, 0.6) is 5.75 Å². The molecule has 25 heavy (non-hydrogen) atoms. The number of para-hydroxylation sites is 1. The first-order valence-electron chi connectivity index (χ1n) is 8.88. The molecular weight excluding hydrogens is 314 g/mol. The Labute approximate surface area is 149 Å². The van der Waals surface area contributed by atoms with Crippen molar-refractivity contribution >= 4 is 11.8 Å². The molecule has 1 aliphatic rings. The highest BCUT2D eigenvalue weighted by Crippen LogP contribution is 2.35. The zero-order valence-electron chi connectivity index (χ0n) is 15.0. The van der Waals surface area contributed by atoms with Crippen LogP contribution in [0.25, 0.3) is 0 Å². The largest absolute Gasteiger partial charge is 0.491 e. The molecule has 1 aromatic carbocycles. The second kappa shape index (κ2) is 7.70. The van der Waals surface area contributed by atoms with Gasteiger partial charge in [0.15, 0.2) is 0 Å². The Morgan fingerprint density at radius 2 is 2.00 bits per heavy atom. The Morgan fingerprint density at radius 1 is 1.24 bits per heavy atom. The van der Waals surface area contributed by atoms with Gasteiger partial charge in [0.25, 0.3) is 0 Å². The normalized spacial score (nSPS) is 19.3. The maximum Gasteiger partial charge on any atom is 0.222 e. The first kappa shape index (κ1) is 17.5. The van der Waals surface area contributed by atoms with E-state index in [1.165, 1.54) is 5.56 Å². The van der Waals surface area contributed by atoms with Gasteiger partial charge in [-0.25, -0.2) is 4.98 Å². The summed E-state index contributed by atoms with van der Waals surface area (Å²) in [5, 5.41) is 0. The molecule has 0 saturated heterocycles. The molecule has 2 aromatic rings. The van der Waals surface area contributed by atoms with Crippen molar-refractivity contribution in [1.29, 1.82) is 0 Å². The summed E-state index contributed by atoms with van der Waals surface area (Å²) < 4.78 is 5.94. The molecule has 0 aliphatic heterocycles. The van der Waals surface area contributed by atoms with Gasteiger partial charge >= 0.3 is 0 Å². The number of ether oxygens (including phenoxy) is 1. The first-order valence-corrected chi connectivity index (χ1v) is 8.88. The Morgan fingerprint density at radius 3 is 2.72 bits per heavy atom. The molecule has 6 heteroatoms. The molecule has 0 bridgehead atoms. The third kappa shape index (κ3) is 4.20. The smallest absolute Gasteiger partial charge is 0.222 e. The van der Waals surface area contributed by atoms with E-state index in [1.807, 2.05) is 31.3 Å². The summed E-state index contributed by atoms with van der Waals surface area (Å²) in [6, 6.07) is 10.5. The molecule has 0 spiro atoms. The lowest BCUT2D eigenvalue weighted by Gasteiger charge is -2.32. The minimum atomic E-state index is 0.286. The van der Waals surface area contributed by atoms with Crippen molar-refractivity contribution in [3.8, 4) is 5.75 Å². The first-order chi connectivity index (χ1) is 12.1. The Hall–Kier alpha value is -2.34. The predicted molar refractivity (Wildman–Crippen MR) is 101 cm³/mol.